The van der Waals surface area contributed by atoms with Crippen molar-refractivity contribution in [1.82, 2.24) is 30.8 Å². The van der Waals surface area contributed by atoms with Crippen molar-refractivity contribution in [3.05, 3.63) is 29.8 Å². The van der Waals surface area contributed by atoms with Crippen LogP contribution in [0.5, 0.6) is 0 Å². The Morgan fingerprint density at radius 2 is 1.97 bits per heavy atom. The minimum atomic E-state index is -1.70. The molecule has 3 aliphatic heterocycles. The van der Waals surface area contributed by atoms with Crippen molar-refractivity contribution in [2.45, 2.75) is 38.5 Å². The number of urea groups is 1. The number of nitrogens with one attached hydrogen (secondary N) is 2. The van der Waals surface area contributed by atoms with Crippen LogP contribution < -0.4 is 15.5 Å². The normalized spacial score (nSPS) is 26.2. The number of amides is 4. The summed E-state index contributed by atoms with van der Waals surface area (Å²) in [6.07, 6.45) is 1.92. The Kier molecular flexibility index (Phi) is 3.94. The Morgan fingerprint density at radius 1 is 1.21 bits per heavy atom. The van der Waals surface area contributed by atoms with E-state index in [1.807, 2.05) is 6.92 Å². The molecule has 0 aliphatic carbocycles. The predicted molar refractivity (Wildman–Crippen MR) is 108 cm³/mol. The molecule has 13 heteroatoms. The lowest BCUT2D eigenvalue weighted by Crippen LogP contribution is -2.75. The number of carbonyl (C=O) groups excluding carboxylic acids is 3. The Bertz CT molecular complexity index is 1320. The highest BCUT2D eigenvalue weighted by Gasteiger charge is 2.63. The quantitative estimate of drug-likeness (QED) is 0.499. The Labute approximate surface area is 185 Å². The molecule has 6 rings (SSSR count). The number of carbonyl (C=O) groups is 3. The van der Waals surface area contributed by atoms with Gasteiger partial charge in [0.05, 0.1) is 41.7 Å². The van der Waals surface area contributed by atoms with Crippen molar-refractivity contribution >= 4 is 34.5 Å². The second-order valence-electron chi connectivity index (χ2n) is 8.56. The summed E-state index contributed by atoms with van der Waals surface area (Å²) in [6, 6.07) is -0.0973. The molecule has 4 amide bonds. The largest absolute Gasteiger partial charge is 0.372 e. The van der Waals surface area contributed by atoms with Crippen molar-refractivity contribution in [2.75, 3.05) is 11.4 Å². The monoisotopic (exact) mass is 455 g/mol. The minimum absolute atomic E-state index is 0.0755. The number of halogens is 1. The van der Waals surface area contributed by atoms with E-state index in [0.29, 0.717) is 10.9 Å². The number of barbiturate groups is 1. The molecule has 3 aliphatic rings. The van der Waals surface area contributed by atoms with E-state index in [1.165, 1.54) is 17.1 Å². The number of anilines is 1. The molecular formula is C20H18FN7O5. The molecule has 3 aromatic rings. The van der Waals surface area contributed by atoms with Crippen molar-refractivity contribution < 1.29 is 28.0 Å². The van der Waals surface area contributed by atoms with Gasteiger partial charge in [0.15, 0.2) is 11.2 Å². The van der Waals surface area contributed by atoms with Crippen LogP contribution in [0.3, 0.4) is 0 Å². The van der Waals surface area contributed by atoms with Gasteiger partial charge in [-0.2, -0.15) is 4.68 Å². The maximum atomic E-state index is 15.9. The second-order valence-corrected chi connectivity index (χ2v) is 8.56. The van der Waals surface area contributed by atoms with Gasteiger partial charge in [-0.3, -0.25) is 20.2 Å². The van der Waals surface area contributed by atoms with Crippen molar-refractivity contribution in [3.63, 3.8) is 0 Å². The third kappa shape index (κ3) is 2.53. The number of imide groups is 2. The van der Waals surface area contributed by atoms with E-state index in [1.54, 1.807) is 17.9 Å². The zero-order chi connectivity index (χ0) is 23.1. The summed E-state index contributed by atoms with van der Waals surface area (Å²) in [7, 11) is 0. The SMILES string of the molecule is C[C@@H]1CN2c3c(cc4c(-n5ccnn5)noc4c3F)CC3(C(=O)NC(=O)NC3=O)[C@H]2[C@H](C)O1. The van der Waals surface area contributed by atoms with Crippen LogP contribution in [0.15, 0.2) is 23.0 Å². The van der Waals surface area contributed by atoms with E-state index in [9.17, 15) is 14.4 Å². The molecule has 33 heavy (non-hydrogen) atoms. The van der Waals surface area contributed by atoms with Gasteiger partial charge < -0.3 is 14.2 Å². The predicted octanol–water partition coefficient (Wildman–Crippen LogP) is 0.438. The van der Waals surface area contributed by atoms with Crippen LogP contribution in [0.1, 0.15) is 19.4 Å². The lowest BCUT2D eigenvalue weighted by Gasteiger charge is -2.55. The Morgan fingerprint density at radius 3 is 2.67 bits per heavy atom. The van der Waals surface area contributed by atoms with Crippen molar-refractivity contribution in [3.8, 4) is 5.82 Å². The molecule has 2 saturated heterocycles. The van der Waals surface area contributed by atoms with Crippen molar-refractivity contribution in [2.24, 2.45) is 5.41 Å². The standard InChI is InChI=1S/C20H18FN7O5/c1-8-7-27-13-10(5-11-14(12(13)21)33-25-16(11)28-4-3-22-26-28)6-20(15(27)9(2)32-8)17(29)23-19(31)24-18(20)30/h3-5,8-9,15H,6-7H2,1-2H3,(H2,23,24,29,30,31)/t8-,9+,15-/m1/s1. The number of ether oxygens (including phenoxy) is 1. The summed E-state index contributed by atoms with van der Waals surface area (Å²) >= 11 is 0. The number of nitrogens with zero attached hydrogens (tertiary/aromatic N) is 5. The zero-order valence-electron chi connectivity index (χ0n) is 17.5. The lowest BCUT2D eigenvalue weighted by molar-refractivity contribution is -0.153. The molecule has 0 unspecified atom stereocenters. The summed E-state index contributed by atoms with van der Waals surface area (Å²) in [5, 5.41) is 16.3. The molecule has 170 valence electrons. The Hall–Kier alpha value is -3.87. The van der Waals surface area contributed by atoms with Gasteiger partial charge in [-0.1, -0.05) is 10.4 Å². The van der Waals surface area contributed by atoms with E-state index >= 15 is 4.39 Å². The number of morpholine rings is 1. The van der Waals surface area contributed by atoms with Gasteiger partial charge in [-0.25, -0.2) is 9.18 Å². The summed E-state index contributed by atoms with van der Waals surface area (Å²) in [4.78, 5) is 39.9. The molecule has 0 radical (unpaired) electrons. The van der Waals surface area contributed by atoms with Crippen LogP contribution in [0, 0.1) is 11.2 Å². The highest BCUT2D eigenvalue weighted by Crippen LogP contribution is 2.49. The molecule has 1 aromatic carbocycles. The van der Waals surface area contributed by atoms with E-state index in [0.717, 1.165) is 0 Å². The number of aromatic nitrogens is 4. The number of rotatable bonds is 1. The molecule has 2 aromatic heterocycles. The third-order valence-electron chi connectivity index (χ3n) is 6.59. The molecule has 0 saturated carbocycles. The van der Waals surface area contributed by atoms with Crippen LogP contribution in [-0.2, 0) is 20.7 Å². The lowest BCUT2D eigenvalue weighted by atomic mass is 9.66. The number of benzene rings is 1. The molecule has 12 nitrogen and oxygen atoms in total. The summed E-state index contributed by atoms with van der Waals surface area (Å²) in [5.41, 5.74) is -1.15. The first kappa shape index (κ1) is 19.8. The first-order valence-corrected chi connectivity index (χ1v) is 10.4. The minimum Gasteiger partial charge on any atom is -0.372 e. The first-order valence-electron chi connectivity index (χ1n) is 10.4. The first-order chi connectivity index (χ1) is 15.8. The summed E-state index contributed by atoms with van der Waals surface area (Å²) in [6.45, 7) is 3.78. The summed E-state index contributed by atoms with van der Waals surface area (Å²) < 4.78 is 28.5. The third-order valence-corrected chi connectivity index (χ3v) is 6.59. The average molecular weight is 455 g/mol. The maximum absolute atomic E-state index is 15.9. The molecule has 0 bridgehead atoms. The molecule has 3 atom stereocenters. The van der Waals surface area contributed by atoms with Gasteiger partial charge in [0.2, 0.25) is 23.2 Å². The number of hydrogen-bond acceptors (Lipinski definition) is 9. The van der Waals surface area contributed by atoms with Crippen LogP contribution in [0.25, 0.3) is 16.8 Å². The van der Waals surface area contributed by atoms with Crippen LogP contribution >= 0.6 is 0 Å². The van der Waals surface area contributed by atoms with Crippen LogP contribution in [-0.4, -0.2) is 62.8 Å². The van der Waals surface area contributed by atoms with Crippen molar-refractivity contribution in [1.29, 1.82) is 0 Å². The second kappa shape index (κ2) is 6.57. The van der Waals surface area contributed by atoms with Gasteiger partial charge in [-0.15, -0.1) is 5.10 Å². The van der Waals surface area contributed by atoms with Gasteiger partial charge in [-0.05, 0) is 25.5 Å². The maximum Gasteiger partial charge on any atom is 0.328 e. The van der Waals surface area contributed by atoms with E-state index in [-0.39, 0.29) is 36.2 Å². The fourth-order valence-electron chi connectivity index (χ4n) is 5.42. The molecule has 5 heterocycles. The van der Waals surface area contributed by atoms with Crippen LogP contribution in [0.2, 0.25) is 0 Å². The zero-order valence-corrected chi connectivity index (χ0v) is 17.5. The van der Waals surface area contributed by atoms with E-state index in [2.05, 4.69) is 26.1 Å². The molecular weight excluding hydrogens is 437 g/mol. The fourth-order valence-corrected chi connectivity index (χ4v) is 5.42. The number of hydrogen-bond donors (Lipinski definition) is 2. The van der Waals surface area contributed by atoms with Gasteiger partial charge in [0.1, 0.15) is 0 Å². The highest BCUT2D eigenvalue weighted by atomic mass is 19.1. The van der Waals surface area contributed by atoms with E-state index < -0.39 is 41.2 Å². The van der Waals surface area contributed by atoms with E-state index in [4.69, 9.17) is 9.26 Å². The molecule has 2 N–H and O–H groups in total. The molecule has 1 spiro atoms. The Balaban J connectivity index is 1.61. The fraction of sp³-hybridized carbons (Fsp3) is 0.400. The summed E-state index contributed by atoms with van der Waals surface area (Å²) in [5.74, 6) is -1.93. The van der Waals surface area contributed by atoms with Gasteiger partial charge >= 0.3 is 6.03 Å². The average Bonchev–Trinajstić information content (AvgIpc) is 3.41. The smallest absolute Gasteiger partial charge is 0.328 e. The van der Waals surface area contributed by atoms with Crippen LogP contribution in [0.4, 0.5) is 14.9 Å². The highest BCUT2D eigenvalue weighted by molar-refractivity contribution is 6.20. The van der Waals surface area contributed by atoms with Gasteiger partial charge in [0, 0.05) is 13.0 Å². The topological polar surface area (TPSA) is 144 Å². The molecule has 2 fully saturated rings. The van der Waals surface area contributed by atoms with Gasteiger partial charge in [0.25, 0.3) is 0 Å². The number of fused-ring (bicyclic) bond motifs is 5.